The average Bonchev–Trinajstić information content (AvgIpc) is 2.59. The molecule has 0 spiro atoms. The van der Waals surface area contributed by atoms with Gasteiger partial charge in [-0.05, 0) is 46.0 Å². The molecule has 0 radical (unpaired) electrons. The SMILES string of the molecule is CCCCCCCC/C=C\CCCCCCCC(N)=O.CCO.CCO. The van der Waals surface area contributed by atoms with Crippen LogP contribution in [0.2, 0.25) is 0 Å². The van der Waals surface area contributed by atoms with Crippen molar-refractivity contribution < 1.29 is 15.0 Å². The minimum atomic E-state index is -0.164. The third-order valence-corrected chi connectivity index (χ3v) is 3.68. The molecule has 0 aliphatic carbocycles. The van der Waals surface area contributed by atoms with Gasteiger partial charge in [-0.25, -0.2) is 0 Å². The van der Waals surface area contributed by atoms with E-state index in [1.807, 2.05) is 0 Å². The number of amides is 1. The van der Waals surface area contributed by atoms with E-state index in [9.17, 15) is 4.79 Å². The van der Waals surface area contributed by atoms with Crippen LogP contribution in [0.3, 0.4) is 0 Å². The summed E-state index contributed by atoms with van der Waals surface area (Å²) in [4.78, 5) is 10.5. The topological polar surface area (TPSA) is 83.6 Å². The lowest BCUT2D eigenvalue weighted by Crippen LogP contribution is -2.09. The van der Waals surface area contributed by atoms with E-state index in [0.717, 1.165) is 12.8 Å². The molecule has 0 aromatic carbocycles. The highest BCUT2D eigenvalue weighted by Crippen LogP contribution is 2.09. The minimum Gasteiger partial charge on any atom is -0.397 e. The molecule has 0 saturated heterocycles. The smallest absolute Gasteiger partial charge is 0.217 e. The molecule has 0 atom stereocenters. The second kappa shape index (κ2) is 31.9. The van der Waals surface area contributed by atoms with Crippen molar-refractivity contribution in [1.29, 1.82) is 0 Å². The molecule has 0 fully saturated rings. The van der Waals surface area contributed by atoms with Gasteiger partial charge in [0, 0.05) is 19.6 Å². The molecule has 0 saturated carbocycles. The standard InChI is InChI=1S/C18H35NO.2C2H6O/c1-2-3-4-5-6-7-8-9-10-11-12-13-14-15-16-17-18(19)20;2*1-2-3/h9-10H,2-8,11-17H2,1H3,(H2,19,20);2*3H,2H2,1H3/b10-9-;;. The first-order valence-corrected chi connectivity index (χ1v) is 10.7. The van der Waals surface area contributed by atoms with Gasteiger partial charge < -0.3 is 15.9 Å². The zero-order valence-electron chi connectivity index (χ0n) is 17.8. The number of allylic oxidation sites excluding steroid dienone is 2. The molecule has 0 heterocycles. The van der Waals surface area contributed by atoms with Crippen molar-refractivity contribution in [2.24, 2.45) is 5.73 Å². The number of unbranched alkanes of at least 4 members (excludes halogenated alkanes) is 11. The van der Waals surface area contributed by atoms with Crippen LogP contribution in [0.1, 0.15) is 111 Å². The number of carbonyl (C=O) groups excluding carboxylic acids is 1. The van der Waals surface area contributed by atoms with Crippen LogP contribution in [0, 0.1) is 0 Å². The number of primary amides is 1. The Balaban J connectivity index is -0.000000768. The molecule has 26 heavy (non-hydrogen) atoms. The second-order valence-electron chi connectivity index (χ2n) is 6.43. The summed E-state index contributed by atoms with van der Waals surface area (Å²) in [5.74, 6) is -0.164. The molecule has 0 aromatic rings. The van der Waals surface area contributed by atoms with Gasteiger partial charge in [0.2, 0.25) is 5.91 Å². The van der Waals surface area contributed by atoms with Gasteiger partial charge in [-0.1, -0.05) is 70.4 Å². The van der Waals surface area contributed by atoms with Gasteiger partial charge in [0.05, 0.1) is 0 Å². The summed E-state index contributed by atoms with van der Waals surface area (Å²) >= 11 is 0. The average molecular weight is 374 g/mol. The zero-order chi connectivity index (χ0) is 20.3. The predicted molar refractivity (Wildman–Crippen MR) is 114 cm³/mol. The van der Waals surface area contributed by atoms with Gasteiger partial charge in [-0.15, -0.1) is 0 Å². The Morgan fingerprint density at radius 2 is 1.04 bits per heavy atom. The lowest BCUT2D eigenvalue weighted by Gasteiger charge is -1.99. The van der Waals surface area contributed by atoms with Crippen molar-refractivity contribution in [2.45, 2.75) is 111 Å². The summed E-state index contributed by atoms with van der Waals surface area (Å²) in [6, 6.07) is 0. The lowest BCUT2D eigenvalue weighted by atomic mass is 10.1. The van der Waals surface area contributed by atoms with E-state index in [1.54, 1.807) is 13.8 Å². The third kappa shape index (κ3) is 43.5. The van der Waals surface area contributed by atoms with E-state index in [1.165, 1.54) is 70.6 Å². The highest BCUT2D eigenvalue weighted by atomic mass is 16.3. The summed E-state index contributed by atoms with van der Waals surface area (Å²) in [7, 11) is 0. The largest absolute Gasteiger partial charge is 0.397 e. The number of hydrogen-bond acceptors (Lipinski definition) is 3. The zero-order valence-corrected chi connectivity index (χ0v) is 17.8. The van der Waals surface area contributed by atoms with Crippen molar-refractivity contribution in [3.63, 3.8) is 0 Å². The Morgan fingerprint density at radius 1 is 0.692 bits per heavy atom. The fourth-order valence-corrected chi connectivity index (χ4v) is 2.37. The minimum absolute atomic E-state index is 0.164. The molecule has 4 nitrogen and oxygen atoms in total. The number of rotatable bonds is 15. The van der Waals surface area contributed by atoms with Crippen LogP contribution in [-0.2, 0) is 4.79 Å². The maximum atomic E-state index is 10.5. The number of hydrogen-bond donors (Lipinski definition) is 3. The monoisotopic (exact) mass is 373 g/mol. The van der Waals surface area contributed by atoms with E-state index in [2.05, 4.69) is 19.1 Å². The Bertz CT molecular complexity index is 266. The molecule has 4 N–H and O–H groups in total. The molecule has 0 aromatic heterocycles. The van der Waals surface area contributed by atoms with Crippen molar-refractivity contribution in [1.82, 2.24) is 0 Å². The molecule has 0 bridgehead atoms. The van der Waals surface area contributed by atoms with Gasteiger partial charge in [0.15, 0.2) is 0 Å². The Hall–Kier alpha value is -0.870. The quantitative estimate of drug-likeness (QED) is 0.261. The molecule has 4 heteroatoms. The number of nitrogens with two attached hydrogens (primary N) is 1. The number of aliphatic hydroxyl groups is 2. The summed E-state index contributed by atoms with van der Waals surface area (Å²) < 4.78 is 0. The van der Waals surface area contributed by atoms with Crippen LogP contribution >= 0.6 is 0 Å². The van der Waals surface area contributed by atoms with E-state index in [4.69, 9.17) is 15.9 Å². The van der Waals surface area contributed by atoms with Crippen LogP contribution < -0.4 is 5.73 Å². The van der Waals surface area contributed by atoms with Crippen LogP contribution in [-0.4, -0.2) is 29.3 Å². The predicted octanol–water partition coefficient (Wildman–Crippen LogP) is 5.51. The van der Waals surface area contributed by atoms with E-state index in [0.29, 0.717) is 6.42 Å². The van der Waals surface area contributed by atoms with Gasteiger partial charge in [0.1, 0.15) is 0 Å². The van der Waals surface area contributed by atoms with Crippen molar-refractivity contribution in [2.75, 3.05) is 13.2 Å². The van der Waals surface area contributed by atoms with E-state index in [-0.39, 0.29) is 19.1 Å². The Labute approximate surface area is 163 Å². The normalized spacial score (nSPS) is 10.0. The fraction of sp³-hybridized carbons (Fsp3) is 0.864. The third-order valence-electron chi connectivity index (χ3n) is 3.68. The van der Waals surface area contributed by atoms with Crippen LogP contribution in [0.15, 0.2) is 12.2 Å². The molecule has 158 valence electrons. The summed E-state index contributed by atoms with van der Waals surface area (Å²) in [5, 5.41) is 15.1. The Kier molecular flexibility index (Phi) is 36.6. The van der Waals surface area contributed by atoms with Crippen LogP contribution in [0.5, 0.6) is 0 Å². The highest BCUT2D eigenvalue weighted by Gasteiger charge is 1.94. The first-order valence-electron chi connectivity index (χ1n) is 10.7. The van der Waals surface area contributed by atoms with Crippen molar-refractivity contribution in [3.05, 3.63) is 12.2 Å². The van der Waals surface area contributed by atoms with Gasteiger partial charge >= 0.3 is 0 Å². The number of carbonyl (C=O) groups is 1. The maximum Gasteiger partial charge on any atom is 0.217 e. The van der Waals surface area contributed by atoms with Gasteiger partial charge in [-0.2, -0.15) is 0 Å². The first-order chi connectivity index (χ1) is 12.6. The summed E-state index contributed by atoms with van der Waals surface area (Å²) in [6.07, 6.45) is 21.9. The highest BCUT2D eigenvalue weighted by molar-refractivity contribution is 5.73. The molecular weight excluding hydrogens is 326 g/mol. The van der Waals surface area contributed by atoms with Crippen molar-refractivity contribution >= 4 is 5.91 Å². The molecule has 0 unspecified atom stereocenters. The second-order valence-corrected chi connectivity index (χ2v) is 6.43. The van der Waals surface area contributed by atoms with Gasteiger partial charge in [0.25, 0.3) is 0 Å². The van der Waals surface area contributed by atoms with Crippen LogP contribution in [0.25, 0.3) is 0 Å². The van der Waals surface area contributed by atoms with E-state index >= 15 is 0 Å². The molecule has 1 amide bonds. The van der Waals surface area contributed by atoms with Crippen LogP contribution in [0.4, 0.5) is 0 Å². The fourth-order valence-electron chi connectivity index (χ4n) is 2.37. The van der Waals surface area contributed by atoms with Gasteiger partial charge in [-0.3, -0.25) is 4.79 Å². The molecule has 0 rings (SSSR count). The molecule has 0 aliphatic rings. The number of aliphatic hydroxyl groups excluding tert-OH is 2. The summed E-state index contributed by atoms with van der Waals surface area (Å²) in [5.41, 5.74) is 5.10. The Morgan fingerprint density at radius 3 is 1.42 bits per heavy atom. The summed E-state index contributed by atoms with van der Waals surface area (Å²) in [6.45, 7) is 6.13. The first kappa shape index (κ1) is 29.9. The van der Waals surface area contributed by atoms with E-state index < -0.39 is 0 Å². The maximum absolute atomic E-state index is 10.5. The van der Waals surface area contributed by atoms with Crippen molar-refractivity contribution in [3.8, 4) is 0 Å². The molecule has 0 aliphatic heterocycles. The lowest BCUT2D eigenvalue weighted by molar-refractivity contribution is -0.118. The molecular formula is C22H47NO3.